The quantitative estimate of drug-likeness (QED) is 0.177. The number of nitrogens with zero attached hydrogens (tertiary/aromatic N) is 7. The minimum absolute atomic E-state index is 0.00622. The van der Waals surface area contributed by atoms with Gasteiger partial charge in [0.25, 0.3) is 11.8 Å². The summed E-state index contributed by atoms with van der Waals surface area (Å²) in [6.45, 7) is 9.18. The number of hydrogen-bond acceptors (Lipinski definition) is 12. The van der Waals surface area contributed by atoms with Crippen molar-refractivity contribution in [1.29, 1.82) is 0 Å². The molecular weight excluding hydrogens is 865 g/mol. The number of alkyl halides is 2. The largest absolute Gasteiger partial charge is 0.464 e. The molecule has 14 nitrogen and oxygen atoms in total. The van der Waals surface area contributed by atoms with Crippen LogP contribution in [0.1, 0.15) is 79.4 Å². The Bertz CT molecular complexity index is 2680. The number of ether oxygens (including phenoxy) is 2. The maximum Gasteiger partial charge on any atom is 0.324 e. The zero-order chi connectivity index (χ0) is 46.1. The Kier molecular flexibility index (Phi) is 11.7. The Morgan fingerprint density at radius 3 is 2.68 bits per heavy atom. The van der Waals surface area contributed by atoms with E-state index in [4.69, 9.17) is 19.4 Å². The summed E-state index contributed by atoms with van der Waals surface area (Å²) in [7, 11) is 3.73. The maximum absolute atomic E-state index is 16.4. The highest BCUT2D eigenvalue weighted by atomic mass is 32.1. The predicted octanol–water partition coefficient (Wildman–Crippen LogP) is 6.32. The number of benzene rings is 1. The highest BCUT2D eigenvalue weighted by molar-refractivity contribution is 7.10. The number of thiazole rings is 1. The molecule has 348 valence electrons. The Labute approximate surface area is 387 Å². The number of aromatic nitrogens is 4. The number of methoxy groups -OCH3 is 1. The van der Waals surface area contributed by atoms with Gasteiger partial charge in [-0.25, -0.2) is 19.2 Å². The van der Waals surface area contributed by atoms with Crippen molar-refractivity contribution in [2.24, 2.45) is 11.3 Å². The SMILES string of the molecule is CO[C@@H](C)c1ncc(N2CCN(C)CC2)cc1-c1c2c3cc(cc4c3n1CC(F)(F)C4)-c1csc(n1)C[C@H](NC(=O)[C@H]1C[C@@H]1c1cccnc1)C(=O)N1CCC[C@H](N1)C(=O)OCC(C)(C)C2. The molecule has 2 saturated heterocycles. The highest BCUT2D eigenvalue weighted by Crippen LogP contribution is 2.49. The lowest BCUT2D eigenvalue weighted by Gasteiger charge is -2.35. The van der Waals surface area contributed by atoms with Crippen LogP contribution in [0.4, 0.5) is 14.5 Å². The smallest absolute Gasteiger partial charge is 0.324 e. The second-order valence-electron chi connectivity index (χ2n) is 19.7. The number of esters is 1. The summed E-state index contributed by atoms with van der Waals surface area (Å²) in [6, 6.07) is 7.99. The fourth-order valence-electron chi connectivity index (χ4n) is 10.3. The Balaban J connectivity index is 1.10. The number of rotatable bonds is 7. The molecule has 6 bridgehead atoms. The van der Waals surface area contributed by atoms with Gasteiger partial charge in [0.15, 0.2) is 0 Å². The average molecular weight is 922 g/mol. The molecule has 1 aromatic carbocycles. The molecule has 0 radical (unpaired) electrons. The molecule has 2 amide bonds. The van der Waals surface area contributed by atoms with Gasteiger partial charge in [0.05, 0.1) is 58.7 Å². The molecule has 2 N–H and O–H groups in total. The Morgan fingerprint density at radius 2 is 1.91 bits per heavy atom. The zero-order valence-corrected chi connectivity index (χ0v) is 38.9. The molecule has 0 spiro atoms. The molecule has 1 aliphatic carbocycles. The van der Waals surface area contributed by atoms with Gasteiger partial charge < -0.3 is 29.2 Å². The summed E-state index contributed by atoms with van der Waals surface area (Å²) in [5.74, 6) is -4.48. The Hall–Kier alpha value is -5.36. The van der Waals surface area contributed by atoms with E-state index in [0.717, 1.165) is 59.5 Å². The van der Waals surface area contributed by atoms with Gasteiger partial charge in [0, 0.05) is 98.3 Å². The molecule has 5 aliphatic rings. The molecule has 66 heavy (non-hydrogen) atoms. The Morgan fingerprint density at radius 1 is 1.09 bits per heavy atom. The molecule has 4 aliphatic heterocycles. The lowest BCUT2D eigenvalue weighted by molar-refractivity contribution is -0.155. The minimum Gasteiger partial charge on any atom is -0.464 e. The van der Waals surface area contributed by atoms with Gasteiger partial charge in [-0.3, -0.25) is 29.4 Å². The van der Waals surface area contributed by atoms with E-state index in [1.54, 1.807) is 24.1 Å². The van der Waals surface area contributed by atoms with Crippen LogP contribution < -0.4 is 15.6 Å². The van der Waals surface area contributed by atoms with Crippen LogP contribution in [0, 0.1) is 11.3 Å². The van der Waals surface area contributed by atoms with Crippen LogP contribution in [0.5, 0.6) is 0 Å². The fraction of sp³-hybridized carbons (Fsp3) is 0.510. The van der Waals surface area contributed by atoms with Crippen molar-refractivity contribution >= 4 is 45.7 Å². The highest BCUT2D eigenvalue weighted by Gasteiger charge is 2.46. The van der Waals surface area contributed by atoms with E-state index < -0.39 is 48.5 Å². The molecule has 17 heteroatoms. The summed E-state index contributed by atoms with van der Waals surface area (Å²) in [5, 5.41) is 7.80. The molecule has 8 heterocycles. The second kappa shape index (κ2) is 17.4. The van der Waals surface area contributed by atoms with E-state index in [2.05, 4.69) is 44.7 Å². The maximum atomic E-state index is 16.4. The van der Waals surface area contributed by atoms with Crippen LogP contribution >= 0.6 is 11.3 Å². The first-order chi connectivity index (χ1) is 31.6. The summed E-state index contributed by atoms with van der Waals surface area (Å²) >= 11 is 1.36. The summed E-state index contributed by atoms with van der Waals surface area (Å²) in [6.07, 6.45) is 6.55. The van der Waals surface area contributed by atoms with Gasteiger partial charge in [-0.2, -0.15) is 0 Å². The van der Waals surface area contributed by atoms with Gasteiger partial charge in [0.1, 0.15) is 12.1 Å². The van der Waals surface area contributed by atoms with Crippen LogP contribution in [-0.2, 0) is 49.7 Å². The number of pyridine rings is 2. The van der Waals surface area contributed by atoms with E-state index in [-0.39, 0.29) is 36.7 Å². The molecular formula is C49H57F2N9O5S. The van der Waals surface area contributed by atoms with Crippen molar-refractivity contribution in [1.82, 2.24) is 40.2 Å². The average Bonchev–Trinajstić information content (AvgIpc) is 3.89. The standard InChI is InChI=1S/C49H57F2N9O5S/c1-28(64-5)42-36(18-32(24-53-42)58-14-12-57(4)13-15-58)44-37-22-48(2,3)27-65-47(63)38-9-7-11-60(56-38)46(62)39(55-45(61)35-19-33(35)29-8-6-10-52-23-29)20-41-54-40(25-66-41)30-16-31-21-49(50,51)26-59(44)43(31)34(37)17-30/h6,8,10,16-18,23-25,28,33,35,38-39,56H,7,9,11-15,19-22,26-27H2,1-5H3,(H,55,61)/t28-,33+,35-,38-,39-/m0/s1. The summed E-state index contributed by atoms with van der Waals surface area (Å²) in [4.78, 5) is 61.1. The second-order valence-corrected chi connectivity index (χ2v) is 20.6. The number of likely N-dealkylation sites (N-methyl/N-ethyl adjacent to an activating group) is 1. The van der Waals surface area contributed by atoms with Gasteiger partial charge in [-0.15, -0.1) is 11.3 Å². The molecule has 3 fully saturated rings. The monoisotopic (exact) mass is 921 g/mol. The van der Waals surface area contributed by atoms with Gasteiger partial charge >= 0.3 is 5.97 Å². The number of cyclic esters (lactones) is 1. The first kappa shape index (κ1) is 44.5. The van der Waals surface area contributed by atoms with Gasteiger partial charge in [-0.05, 0) is 86.5 Å². The van der Waals surface area contributed by atoms with Crippen molar-refractivity contribution in [2.75, 3.05) is 58.4 Å². The lowest BCUT2D eigenvalue weighted by atomic mass is 9.84. The summed E-state index contributed by atoms with van der Waals surface area (Å²) in [5.41, 5.74) is 9.73. The number of anilines is 1. The molecule has 1 saturated carbocycles. The predicted molar refractivity (Wildman–Crippen MR) is 247 cm³/mol. The number of carbonyl (C=O) groups is 3. The first-order valence-electron chi connectivity index (χ1n) is 23.1. The van der Waals surface area contributed by atoms with Gasteiger partial charge in [0.2, 0.25) is 5.91 Å². The van der Waals surface area contributed by atoms with E-state index in [1.165, 1.54) is 16.3 Å². The molecule has 10 rings (SSSR count). The number of hydrogen-bond donors (Lipinski definition) is 2. The minimum atomic E-state index is -3.07. The number of halogens is 2. The van der Waals surface area contributed by atoms with Crippen LogP contribution in [0.25, 0.3) is 33.4 Å². The molecule has 4 aromatic heterocycles. The van der Waals surface area contributed by atoms with Crippen LogP contribution in [0.3, 0.4) is 0 Å². The first-order valence-corrected chi connectivity index (χ1v) is 23.9. The van der Waals surface area contributed by atoms with E-state index in [0.29, 0.717) is 65.4 Å². The van der Waals surface area contributed by atoms with Crippen molar-refractivity contribution in [3.63, 3.8) is 0 Å². The molecule has 0 unspecified atom stereocenters. The number of fused-ring (bicyclic) bond motifs is 6. The third kappa shape index (κ3) is 8.70. The number of nitrogens with one attached hydrogen (secondary N) is 2. The normalized spacial score (nSPS) is 24.7. The van der Waals surface area contributed by atoms with E-state index in [1.807, 2.05) is 50.5 Å². The van der Waals surface area contributed by atoms with Crippen molar-refractivity contribution in [3.05, 3.63) is 81.7 Å². The number of hydrazine groups is 1. The zero-order valence-electron chi connectivity index (χ0n) is 38.1. The lowest BCUT2D eigenvalue weighted by Crippen LogP contribution is -2.60. The molecule has 5 atom stereocenters. The van der Waals surface area contributed by atoms with Crippen LogP contribution in [0.2, 0.25) is 0 Å². The van der Waals surface area contributed by atoms with Crippen LogP contribution in [-0.4, -0.2) is 119 Å². The van der Waals surface area contributed by atoms with E-state index >= 15 is 8.78 Å². The fourth-order valence-corrected chi connectivity index (χ4v) is 11.2. The van der Waals surface area contributed by atoms with Crippen LogP contribution in [0.15, 0.2) is 54.3 Å². The third-order valence-electron chi connectivity index (χ3n) is 14.0. The van der Waals surface area contributed by atoms with Crippen molar-refractivity contribution in [2.45, 2.75) is 95.9 Å². The third-order valence-corrected chi connectivity index (χ3v) is 14.9. The van der Waals surface area contributed by atoms with Gasteiger partial charge in [-0.1, -0.05) is 19.9 Å². The topological polar surface area (TPSA) is 147 Å². The number of amides is 2. The van der Waals surface area contributed by atoms with E-state index in [9.17, 15) is 14.4 Å². The molecule has 5 aromatic rings. The number of piperazine rings is 1. The summed E-state index contributed by atoms with van der Waals surface area (Å²) < 4.78 is 46.5. The van der Waals surface area contributed by atoms with Crippen molar-refractivity contribution in [3.8, 4) is 22.5 Å². The number of carbonyl (C=O) groups excluding carboxylic acids is 3. The van der Waals surface area contributed by atoms with Crippen molar-refractivity contribution < 1.29 is 32.6 Å².